The summed E-state index contributed by atoms with van der Waals surface area (Å²) >= 11 is 0. The van der Waals surface area contributed by atoms with E-state index in [-0.39, 0.29) is 24.4 Å². The number of hydrogen-bond donors (Lipinski definition) is 0. The largest absolute Gasteiger partial charge is 0.352 e. The molecule has 6 heteroatoms. The predicted molar refractivity (Wildman–Crippen MR) is 88.9 cm³/mol. The molecule has 3 fully saturated rings. The van der Waals surface area contributed by atoms with Crippen LogP contribution in [-0.2, 0) is 18.9 Å². The normalized spacial score (nSPS) is 40.1. The first-order valence-electron chi connectivity index (χ1n) is 9.27. The Labute approximate surface area is 148 Å². The fourth-order valence-electron chi connectivity index (χ4n) is 3.91. The van der Waals surface area contributed by atoms with Crippen molar-refractivity contribution >= 4 is 0 Å². The molecule has 2 saturated heterocycles. The van der Waals surface area contributed by atoms with Crippen LogP contribution in [0.3, 0.4) is 0 Å². The lowest BCUT2D eigenvalue weighted by atomic mass is 9.81. The first-order valence-corrected chi connectivity index (χ1v) is 9.27. The van der Waals surface area contributed by atoms with Crippen LogP contribution in [0.1, 0.15) is 32.6 Å². The summed E-state index contributed by atoms with van der Waals surface area (Å²) in [5.74, 6) is 0.688. The highest BCUT2D eigenvalue weighted by Gasteiger charge is 2.36. The molecule has 0 atom stereocenters. The Kier molecular flexibility index (Phi) is 6.99. The van der Waals surface area contributed by atoms with Gasteiger partial charge in [-0.1, -0.05) is 12.2 Å². The molecule has 0 amide bonds. The van der Waals surface area contributed by atoms with Crippen LogP contribution in [-0.4, -0.2) is 39.0 Å². The zero-order valence-electron chi connectivity index (χ0n) is 14.7. The smallest absolute Gasteiger partial charge is 0.266 e. The average Bonchev–Trinajstić information content (AvgIpc) is 2.63. The molecule has 2 aliphatic heterocycles. The van der Waals surface area contributed by atoms with E-state index in [2.05, 4.69) is 6.08 Å². The van der Waals surface area contributed by atoms with Gasteiger partial charge in [0, 0.05) is 11.8 Å². The minimum absolute atomic E-state index is 0.00764. The molecule has 0 aromatic carbocycles. The molecule has 0 radical (unpaired) electrons. The summed E-state index contributed by atoms with van der Waals surface area (Å²) in [5, 5.41) is 0. The van der Waals surface area contributed by atoms with E-state index in [1.165, 1.54) is 0 Å². The second-order valence-electron chi connectivity index (χ2n) is 7.25. The SMILES string of the molecule is CC=CC1COC(C2COC(C3CCC(C=C(F)F)CC3)OC2)OC1. The quantitative estimate of drug-likeness (QED) is 0.708. The van der Waals surface area contributed by atoms with Crippen LogP contribution in [0.15, 0.2) is 24.3 Å². The van der Waals surface area contributed by atoms with E-state index in [4.69, 9.17) is 18.9 Å². The maximum Gasteiger partial charge on any atom is 0.266 e. The molecular formula is C19H28F2O4. The van der Waals surface area contributed by atoms with Crippen LogP contribution in [0.25, 0.3) is 0 Å². The lowest BCUT2D eigenvalue weighted by molar-refractivity contribution is -0.288. The van der Waals surface area contributed by atoms with Crippen molar-refractivity contribution in [3.8, 4) is 0 Å². The lowest BCUT2D eigenvalue weighted by Crippen LogP contribution is -2.46. The van der Waals surface area contributed by atoms with Gasteiger partial charge in [-0.15, -0.1) is 0 Å². The van der Waals surface area contributed by atoms with Crippen LogP contribution in [0.4, 0.5) is 8.78 Å². The molecule has 4 nitrogen and oxygen atoms in total. The van der Waals surface area contributed by atoms with E-state index in [0.717, 1.165) is 31.8 Å². The van der Waals surface area contributed by atoms with Gasteiger partial charge in [0.2, 0.25) is 0 Å². The van der Waals surface area contributed by atoms with Crippen LogP contribution < -0.4 is 0 Å². The number of allylic oxidation sites excluding steroid dienone is 2. The molecule has 0 unspecified atom stereocenters. The van der Waals surface area contributed by atoms with E-state index >= 15 is 0 Å². The van der Waals surface area contributed by atoms with Crippen molar-refractivity contribution in [1.82, 2.24) is 0 Å². The van der Waals surface area contributed by atoms with E-state index < -0.39 is 6.08 Å². The Balaban J connectivity index is 1.39. The van der Waals surface area contributed by atoms with E-state index in [9.17, 15) is 8.78 Å². The van der Waals surface area contributed by atoms with Crippen molar-refractivity contribution in [1.29, 1.82) is 0 Å². The molecule has 25 heavy (non-hydrogen) atoms. The highest BCUT2D eigenvalue weighted by atomic mass is 19.3. The molecule has 142 valence electrons. The maximum atomic E-state index is 12.3. The first-order chi connectivity index (χ1) is 12.2. The summed E-state index contributed by atoms with van der Waals surface area (Å²) < 4.78 is 48.1. The van der Waals surface area contributed by atoms with Crippen molar-refractivity contribution < 1.29 is 27.7 Å². The van der Waals surface area contributed by atoms with Gasteiger partial charge in [0.05, 0.1) is 32.3 Å². The van der Waals surface area contributed by atoms with E-state index in [0.29, 0.717) is 38.3 Å². The molecule has 0 N–H and O–H groups in total. The average molecular weight is 358 g/mol. The third-order valence-electron chi connectivity index (χ3n) is 5.31. The standard InChI is InChI=1S/C19H28F2O4/c1-2-3-14-9-22-19(23-10-14)16-11-24-18(25-12-16)15-6-4-13(5-7-15)8-17(20)21/h2-3,8,13-16,18-19H,4-7,9-12H2,1H3. The van der Waals surface area contributed by atoms with Crippen molar-refractivity contribution in [2.75, 3.05) is 26.4 Å². The van der Waals surface area contributed by atoms with Gasteiger partial charge >= 0.3 is 0 Å². The van der Waals surface area contributed by atoms with Crippen LogP contribution in [0.5, 0.6) is 0 Å². The second kappa shape index (κ2) is 9.21. The summed E-state index contributed by atoms with van der Waals surface area (Å²) in [6, 6.07) is 0. The van der Waals surface area contributed by atoms with Gasteiger partial charge in [0.25, 0.3) is 6.08 Å². The molecule has 3 rings (SSSR count). The zero-order valence-corrected chi connectivity index (χ0v) is 14.7. The summed E-state index contributed by atoms with van der Waals surface area (Å²) in [6.07, 6.45) is 6.42. The summed E-state index contributed by atoms with van der Waals surface area (Å²) in [7, 11) is 0. The van der Waals surface area contributed by atoms with Crippen LogP contribution in [0, 0.1) is 23.7 Å². The van der Waals surface area contributed by atoms with Gasteiger partial charge in [-0.3, -0.25) is 0 Å². The Morgan fingerprint density at radius 1 is 0.760 bits per heavy atom. The van der Waals surface area contributed by atoms with Gasteiger partial charge in [-0.25, -0.2) is 0 Å². The molecule has 0 bridgehead atoms. The minimum atomic E-state index is -1.57. The van der Waals surface area contributed by atoms with Gasteiger partial charge in [-0.2, -0.15) is 8.78 Å². The summed E-state index contributed by atoms with van der Waals surface area (Å²) in [5.41, 5.74) is 0. The fraction of sp³-hybridized carbons (Fsp3) is 0.789. The maximum absolute atomic E-state index is 12.3. The van der Waals surface area contributed by atoms with Gasteiger partial charge < -0.3 is 18.9 Å². The molecular weight excluding hydrogens is 330 g/mol. The topological polar surface area (TPSA) is 36.9 Å². The van der Waals surface area contributed by atoms with E-state index in [1.807, 2.05) is 13.0 Å². The number of rotatable bonds is 4. The predicted octanol–water partition coefficient (Wildman–Crippen LogP) is 4.13. The van der Waals surface area contributed by atoms with Crippen molar-refractivity contribution in [3.63, 3.8) is 0 Å². The van der Waals surface area contributed by atoms with Crippen LogP contribution >= 0.6 is 0 Å². The molecule has 0 aromatic rings. The van der Waals surface area contributed by atoms with Gasteiger partial charge in [-0.05, 0) is 44.6 Å². The molecule has 1 aliphatic carbocycles. The second-order valence-corrected chi connectivity index (χ2v) is 7.25. The van der Waals surface area contributed by atoms with Crippen molar-refractivity contribution in [2.24, 2.45) is 23.7 Å². The van der Waals surface area contributed by atoms with Gasteiger partial charge in [0.15, 0.2) is 12.6 Å². The fourth-order valence-corrected chi connectivity index (χ4v) is 3.91. The minimum Gasteiger partial charge on any atom is -0.352 e. The monoisotopic (exact) mass is 358 g/mol. The van der Waals surface area contributed by atoms with E-state index in [1.54, 1.807) is 0 Å². The first kappa shape index (κ1) is 19.0. The van der Waals surface area contributed by atoms with Crippen molar-refractivity contribution in [2.45, 2.75) is 45.2 Å². The third kappa shape index (κ3) is 5.33. The summed E-state index contributed by atoms with van der Waals surface area (Å²) in [4.78, 5) is 0. The number of ether oxygens (including phenoxy) is 4. The highest BCUT2D eigenvalue weighted by molar-refractivity contribution is 4.91. The van der Waals surface area contributed by atoms with Gasteiger partial charge in [0.1, 0.15) is 0 Å². The lowest BCUT2D eigenvalue weighted by Gasteiger charge is -2.40. The Hall–Kier alpha value is -0.820. The Bertz CT molecular complexity index is 454. The summed E-state index contributed by atoms with van der Waals surface area (Å²) in [6.45, 7) is 4.44. The zero-order chi connectivity index (χ0) is 17.6. The number of hydrogen-bond acceptors (Lipinski definition) is 4. The third-order valence-corrected chi connectivity index (χ3v) is 5.31. The molecule has 0 spiro atoms. The number of halogens is 2. The molecule has 3 aliphatic rings. The van der Waals surface area contributed by atoms with Crippen LogP contribution in [0.2, 0.25) is 0 Å². The highest BCUT2D eigenvalue weighted by Crippen LogP contribution is 2.35. The Morgan fingerprint density at radius 2 is 1.32 bits per heavy atom. The van der Waals surface area contributed by atoms with Crippen molar-refractivity contribution in [3.05, 3.63) is 24.3 Å². The molecule has 0 aromatic heterocycles. The molecule has 2 heterocycles. The Morgan fingerprint density at radius 3 is 1.88 bits per heavy atom. The molecule has 1 saturated carbocycles.